The molecule has 0 N–H and O–H groups in total. The molecule has 25 heavy (non-hydrogen) atoms. The zero-order chi connectivity index (χ0) is 17.4. The number of fused-ring (bicyclic) bond motifs is 1. The quantitative estimate of drug-likeness (QED) is 0.680. The van der Waals surface area contributed by atoms with E-state index in [0.29, 0.717) is 6.04 Å². The Labute approximate surface area is 152 Å². The van der Waals surface area contributed by atoms with Crippen LogP contribution in [0, 0.1) is 6.92 Å². The summed E-state index contributed by atoms with van der Waals surface area (Å²) < 4.78 is 1.95. The third-order valence-electron chi connectivity index (χ3n) is 5.22. The van der Waals surface area contributed by atoms with Crippen LogP contribution in [0.3, 0.4) is 0 Å². The van der Waals surface area contributed by atoms with Gasteiger partial charge in [0.1, 0.15) is 5.69 Å². The van der Waals surface area contributed by atoms with Gasteiger partial charge in [-0.2, -0.15) is 0 Å². The van der Waals surface area contributed by atoms with E-state index in [-0.39, 0.29) is 5.91 Å². The zero-order valence-corrected chi connectivity index (χ0v) is 15.6. The van der Waals surface area contributed by atoms with Gasteiger partial charge in [0, 0.05) is 30.2 Å². The Hall–Kier alpha value is -2.14. The average Bonchev–Trinajstić information content (AvgIpc) is 3.22. The first-order valence-corrected chi connectivity index (χ1v) is 9.82. The van der Waals surface area contributed by atoms with Crippen LogP contribution >= 0.6 is 11.3 Å². The fraction of sp³-hybridized carbons (Fsp3) is 0.400. The highest BCUT2D eigenvalue weighted by atomic mass is 32.1. The Morgan fingerprint density at radius 2 is 1.92 bits per heavy atom. The summed E-state index contributed by atoms with van der Waals surface area (Å²) in [6.45, 7) is 2.08. The molecule has 130 valence electrons. The normalized spacial score (nSPS) is 15.6. The van der Waals surface area contributed by atoms with Crippen LogP contribution in [0.4, 0.5) is 0 Å². The van der Waals surface area contributed by atoms with Crippen molar-refractivity contribution < 1.29 is 4.79 Å². The Bertz CT molecular complexity index is 887. The molecule has 3 aromatic rings. The summed E-state index contributed by atoms with van der Waals surface area (Å²) in [7, 11) is 1.94. The first kappa shape index (κ1) is 16.3. The molecule has 1 amide bonds. The number of carbonyl (C=O) groups is 1. The lowest BCUT2D eigenvalue weighted by molar-refractivity contribution is 0.0689. The molecule has 0 atom stereocenters. The maximum absolute atomic E-state index is 13.0. The summed E-state index contributed by atoms with van der Waals surface area (Å²) in [6, 6.07) is 8.71. The number of thiazole rings is 1. The highest BCUT2D eigenvalue weighted by Gasteiger charge is 2.25. The van der Waals surface area contributed by atoms with Gasteiger partial charge in [0.05, 0.1) is 5.69 Å². The molecule has 0 saturated heterocycles. The third-order valence-corrected chi connectivity index (χ3v) is 6.06. The molecular formula is C20H23N3OS. The molecule has 5 heteroatoms. The van der Waals surface area contributed by atoms with Gasteiger partial charge in [-0.25, -0.2) is 4.98 Å². The molecule has 0 spiro atoms. The maximum Gasteiger partial charge on any atom is 0.271 e. The van der Waals surface area contributed by atoms with E-state index in [4.69, 9.17) is 4.98 Å². The minimum Gasteiger partial charge on any atom is -0.337 e. The molecule has 2 heterocycles. The molecule has 0 bridgehead atoms. The summed E-state index contributed by atoms with van der Waals surface area (Å²) >= 11 is 1.53. The van der Waals surface area contributed by atoms with Gasteiger partial charge < -0.3 is 4.90 Å². The number of imidazole rings is 1. The molecule has 4 rings (SSSR count). The van der Waals surface area contributed by atoms with E-state index in [1.807, 2.05) is 27.9 Å². The van der Waals surface area contributed by atoms with Gasteiger partial charge in [0.2, 0.25) is 0 Å². The molecule has 1 saturated carbocycles. The van der Waals surface area contributed by atoms with Crippen molar-refractivity contribution in [3.8, 4) is 11.3 Å². The van der Waals surface area contributed by atoms with Crippen LogP contribution in [0.15, 0.2) is 35.8 Å². The van der Waals surface area contributed by atoms with Crippen LogP contribution in [-0.4, -0.2) is 33.3 Å². The number of hydrogen-bond acceptors (Lipinski definition) is 3. The van der Waals surface area contributed by atoms with E-state index in [9.17, 15) is 4.79 Å². The summed E-state index contributed by atoms with van der Waals surface area (Å²) in [5.41, 5.74) is 3.95. The number of aromatic nitrogens is 2. The second-order valence-corrected chi connectivity index (χ2v) is 7.81. The number of carbonyl (C=O) groups excluding carboxylic acids is 1. The van der Waals surface area contributed by atoms with E-state index < -0.39 is 0 Å². The lowest BCUT2D eigenvalue weighted by Crippen LogP contribution is -2.38. The van der Waals surface area contributed by atoms with Gasteiger partial charge >= 0.3 is 0 Å². The smallest absolute Gasteiger partial charge is 0.271 e. The van der Waals surface area contributed by atoms with Gasteiger partial charge in [-0.05, 0) is 19.8 Å². The molecule has 0 unspecified atom stereocenters. The number of rotatable bonds is 3. The molecule has 1 aliphatic carbocycles. The fourth-order valence-electron chi connectivity index (χ4n) is 3.62. The summed E-state index contributed by atoms with van der Waals surface area (Å²) in [6.07, 6.45) is 7.97. The van der Waals surface area contributed by atoms with Crippen molar-refractivity contribution >= 4 is 22.2 Å². The van der Waals surface area contributed by atoms with Crippen molar-refractivity contribution in [1.82, 2.24) is 14.3 Å². The van der Waals surface area contributed by atoms with E-state index >= 15 is 0 Å². The highest BCUT2D eigenvalue weighted by molar-refractivity contribution is 7.15. The zero-order valence-electron chi connectivity index (χ0n) is 14.7. The predicted octanol–water partition coefficient (Wildman–Crippen LogP) is 4.78. The topological polar surface area (TPSA) is 37.6 Å². The Balaban J connectivity index is 1.63. The van der Waals surface area contributed by atoms with Gasteiger partial charge in [-0.3, -0.25) is 9.20 Å². The lowest BCUT2D eigenvalue weighted by atomic mass is 9.94. The SMILES string of the molecule is Cc1ccc(-c2cn3c(C(=O)N(C)C4CCCCC4)csc3n2)cc1. The lowest BCUT2D eigenvalue weighted by Gasteiger charge is -2.31. The molecule has 0 radical (unpaired) electrons. The minimum absolute atomic E-state index is 0.103. The molecular weight excluding hydrogens is 330 g/mol. The van der Waals surface area contributed by atoms with Gasteiger partial charge in [0.15, 0.2) is 4.96 Å². The van der Waals surface area contributed by atoms with Crippen LogP contribution < -0.4 is 0 Å². The summed E-state index contributed by atoms with van der Waals surface area (Å²) in [4.78, 5) is 20.5. The van der Waals surface area contributed by atoms with E-state index in [2.05, 4.69) is 31.2 Å². The van der Waals surface area contributed by atoms with Crippen LogP contribution in [0.25, 0.3) is 16.2 Å². The summed E-state index contributed by atoms with van der Waals surface area (Å²) in [5.74, 6) is 0.103. The largest absolute Gasteiger partial charge is 0.337 e. The van der Waals surface area contributed by atoms with Crippen LogP contribution in [0.1, 0.15) is 48.2 Å². The molecule has 1 aromatic carbocycles. The first-order chi connectivity index (χ1) is 12.1. The molecule has 1 aliphatic rings. The van der Waals surface area contributed by atoms with Crippen molar-refractivity contribution in [2.24, 2.45) is 0 Å². The number of nitrogens with zero attached hydrogens (tertiary/aromatic N) is 3. The van der Waals surface area contributed by atoms with E-state index in [1.54, 1.807) is 0 Å². The van der Waals surface area contributed by atoms with Crippen molar-refractivity contribution in [1.29, 1.82) is 0 Å². The third kappa shape index (κ3) is 3.09. The summed E-state index contributed by atoms with van der Waals surface area (Å²) in [5, 5.41) is 1.93. The van der Waals surface area contributed by atoms with Crippen LogP contribution in [0.2, 0.25) is 0 Å². The monoisotopic (exact) mass is 353 g/mol. The average molecular weight is 353 g/mol. The Morgan fingerprint density at radius 3 is 2.64 bits per heavy atom. The van der Waals surface area contributed by atoms with Crippen LogP contribution in [-0.2, 0) is 0 Å². The van der Waals surface area contributed by atoms with E-state index in [1.165, 1.54) is 36.2 Å². The number of aryl methyl sites for hydroxylation is 1. The number of amides is 1. The van der Waals surface area contributed by atoms with Crippen molar-refractivity contribution in [2.75, 3.05) is 7.05 Å². The minimum atomic E-state index is 0.103. The van der Waals surface area contributed by atoms with Crippen molar-refractivity contribution in [3.05, 3.63) is 47.1 Å². The van der Waals surface area contributed by atoms with Gasteiger partial charge in [-0.15, -0.1) is 11.3 Å². The van der Waals surface area contributed by atoms with Crippen molar-refractivity contribution in [3.63, 3.8) is 0 Å². The van der Waals surface area contributed by atoms with Gasteiger partial charge in [-0.1, -0.05) is 49.1 Å². The standard InChI is InChI=1S/C20H23N3OS/c1-14-8-10-15(11-9-14)17-12-23-18(13-25-20(23)21-17)19(24)22(2)16-6-4-3-5-7-16/h8-13,16H,3-7H2,1-2H3. The van der Waals surface area contributed by atoms with Crippen LogP contribution in [0.5, 0.6) is 0 Å². The Kier molecular flexibility index (Phi) is 4.34. The highest BCUT2D eigenvalue weighted by Crippen LogP contribution is 2.27. The predicted molar refractivity (Wildman–Crippen MR) is 102 cm³/mol. The second kappa shape index (κ2) is 6.64. The molecule has 1 fully saturated rings. The first-order valence-electron chi connectivity index (χ1n) is 8.94. The maximum atomic E-state index is 13.0. The van der Waals surface area contributed by atoms with Gasteiger partial charge in [0.25, 0.3) is 5.91 Å². The molecule has 2 aromatic heterocycles. The second-order valence-electron chi connectivity index (χ2n) is 6.97. The molecule has 0 aliphatic heterocycles. The fourth-order valence-corrected chi connectivity index (χ4v) is 4.46. The van der Waals surface area contributed by atoms with Crippen molar-refractivity contribution in [2.45, 2.75) is 45.1 Å². The number of hydrogen-bond donors (Lipinski definition) is 0. The Morgan fingerprint density at radius 1 is 1.20 bits per heavy atom. The number of benzene rings is 1. The molecule has 4 nitrogen and oxygen atoms in total. The van der Waals surface area contributed by atoms with E-state index in [0.717, 1.165) is 34.8 Å².